The van der Waals surface area contributed by atoms with E-state index >= 15 is 0 Å². The van der Waals surface area contributed by atoms with Gasteiger partial charge in [0.25, 0.3) is 11.8 Å². The van der Waals surface area contributed by atoms with Crippen molar-refractivity contribution < 1.29 is 43.0 Å². The smallest absolute Gasteiger partial charge is 0.333 e. The lowest BCUT2D eigenvalue weighted by Crippen LogP contribution is -2.32. The van der Waals surface area contributed by atoms with Crippen LogP contribution in [0.25, 0.3) is 0 Å². The molecule has 0 aromatic heterocycles. The lowest BCUT2D eigenvalue weighted by molar-refractivity contribution is -0.197. The SMILES string of the molecule is NC(=O)CCOCCOCCOCCNC(=O)CCCC(=O)ON1C(=O)CCC1=O. The van der Waals surface area contributed by atoms with Crippen LogP contribution in [0, 0.1) is 0 Å². The molecule has 0 unspecified atom stereocenters. The number of nitrogens with zero attached hydrogens (tertiary/aromatic N) is 1. The van der Waals surface area contributed by atoms with Crippen molar-refractivity contribution in [3.63, 3.8) is 0 Å². The maximum Gasteiger partial charge on any atom is 0.333 e. The Balaban J connectivity index is 1.88. The minimum absolute atomic E-state index is 0.0372. The summed E-state index contributed by atoms with van der Waals surface area (Å²) in [6.07, 6.45) is 0.516. The fraction of sp³-hybridized carbons (Fsp3) is 0.722. The normalized spacial score (nSPS) is 13.5. The van der Waals surface area contributed by atoms with Gasteiger partial charge < -0.3 is 30.1 Å². The second kappa shape index (κ2) is 15.3. The first-order valence-electron chi connectivity index (χ1n) is 9.75. The van der Waals surface area contributed by atoms with Crippen LogP contribution in [0.3, 0.4) is 0 Å². The van der Waals surface area contributed by atoms with E-state index < -0.39 is 23.7 Å². The lowest BCUT2D eigenvalue weighted by Gasteiger charge is -2.12. The van der Waals surface area contributed by atoms with Crippen LogP contribution >= 0.6 is 0 Å². The number of hydrogen-bond acceptors (Lipinski definition) is 9. The Labute approximate surface area is 174 Å². The van der Waals surface area contributed by atoms with Gasteiger partial charge in [-0.1, -0.05) is 0 Å². The van der Waals surface area contributed by atoms with Crippen LogP contribution in [-0.2, 0) is 43.0 Å². The summed E-state index contributed by atoms with van der Waals surface area (Å²) in [5.41, 5.74) is 4.97. The van der Waals surface area contributed by atoms with Gasteiger partial charge in [-0.15, -0.1) is 5.06 Å². The molecule has 1 aliphatic rings. The van der Waals surface area contributed by atoms with Gasteiger partial charge in [0.05, 0.1) is 39.6 Å². The highest BCUT2D eigenvalue weighted by atomic mass is 16.7. The molecule has 0 saturated carbocycles. The maximum atomic E-state index is 11.7. The first-order valence-corrected chi connectivity index (χ1v) is 9.75. The Morgan fingerprint density at radius 3 is 2.00 bits per heavy atom. The molecule has 0 bridgehead atoms. The van der Waals surface area contributed by atoms with E-state index in [1.165, 1.54) is 0 Å². The molecule has 0 spiro atoms. The van der Waals surface area contributed by atoms with Gasteiger partial charge in [0.1, 0.15) is 0 Å². The summed E-state index contributed by atoms with van der Waals surface area (Å²) in [4.78, 5) is 61.1. The molecule has 1 fully saturated rings. The van der Waals surface area contributed by atoms with Crippen LogP contribution in [0.1, 0.15) is 38.5 Å². The molecule has 3 N–H and O–H groups in total. The van der Waals surface area contributed by atoms with E-state index in [-0.39, 0.29) is 51.0 Å². The second-order valence-corrected chi connectivity index (χ2v) is 6.30. The molecule has 0 aliphatic carbocycles. The molecular formula is C18H29N3O9. The molecule has 12 heteroatoms. The van der Waals surface area contributed by atoms with E-state index in [0.29, 0.717) is 44.6 Å². The number of amides is 4. The Bertz CT molecular complexity index is 581. The summed E-state index contributed by atoms with van der Waals surface area (Å²) in [5, 5.41) is 3.13. The third-order valence-electron chi connectivity index (χ3n) is 3.79. The minimum Gasteiger partial charge on any atom is -0.379 e. The average Bonchev–Trinajstić information content (AvgIpc) is 3.00. The maximum absolute atomic E-state index is 11.7. The number of primary amides is 1. The quantitative estimate of drug-likeness (QED) is 0.213. The number of nitrogens with two attached hydrogens (primary N) is 1. The van der Waals surface area contributed by atoms with Gasteiger partial charge in [-0.3, -0.25) is 19.2 Å². The van der Waals surface area contributed by atoms with Crippen LogP contribution in [0.15, 0.2) is 0 Å². The molecule has 1 rings (SSSR count). The van der Waals surface area contributed by atoms with E-state index in [9.17, 15) is 24.0 Å². The number of imide groups is 1. The van der Waals surface area contributed by atoms with Crippen molar-refractivity contribution in [2.24, 2.45) is 5.73 Å². The van der Waals surface area contributed by atoms with Crippen molar-refractivity contribution >= 4 is 29.6 Å². The van der Waals surface area contributed by atoms with Crippen molar-refractivity contribution in [1.82, 2.24) is 10.4 Å². The van der Waals surface area contributed by atoms with Crippen LogP contribution in [0.2, 0.25) is 0 Å². The molecule has 170 valence electrons. The van der Waals surface area contributed by atoms with Gasteiger partial charge in [-0.05, 0) is 6.42 Å². The van der Waals surface area contributed by atoms with Crippen LogP contribution in [-0.4, -0.2) is 80.8 Å². The van der Waals surface area contributed by atoms with Gasteiger partial charge in [0, 0.05) is 38.6 Å². The summed E-state index contributed by atoms with van der Waals surface area (Å²) < 4.78 is 15.7. The highest BCUT2D eigenvalue weighted by molar-refractivity contribution is 6.01. The monoisotopic (exact) mass is 431 g/mol. The van der Waals surface area contributed by atoms with E-state index in [2.05, 4.69) is 5.32 Å². The summed E-state index contributed by atoms with van der Waals surface area (Å²) >= 11 is 0. The van der Waals surface area contributed by atoms with Crippen molar-refractivity contribution in [2.45, 2.75) is 38.5 Å². The number of hydrogen-bond donors (Lipinski definition) is 2. The number of nitrogens with one attached hydrogen (secondary N) is 1. The van der Waals surface area contributed by atoms with Gasteiger partial charge >= 0.3 is 5.97 Å². The topological polar surface area (TPSA) is 164 Å². The van der Waals surface area contributed by atoms with Crippen molar-refractivity contribution in [1.29, 1.82) is 0 Å². The highest BCUT2D eigenvalue weighted by Crippen LogP contribution is 2.13. The zero-order valence-electron chi connectivity index (χ0n) is 16.9. The van der Waals surface area contributed by atoms with Crippen molar-refractivity contribution in [2.75, 3.05) is 46.2 Å². The Morgan fingerprint density at radius 1 is 0.833 bits per heavy atom. The predicted octanol–water partition coefficient (Wildman–Crippen LogP) is -1.19. The van der Waals surface area contributed by atoms with Gasteiger partial charge in [0.15, 0.2) is 0 Å². The van der Waals surface area contributed by atoms with Gasteiger partial charge in [0.2, 0.25) is 11.8 Å². The molecule has 30 heavy (non-hydrogen) atoms. The zero-order chi connectivity index (χ0) is 22.2. The Kier molecular flexibility index (Phi) is 13.0. The second-order valence-electron chi connectivity index (χ2n) is 6.30. The number of ether oxygens (including phenoxy) is 3. The molecule has 0 aromatic rings. The fourth-order valence-corrected chi connectivity index (χ4v) is 2.26. The molecule has 0 aromatic carbocycles. The molecular weight excluding hydrogens is 402 g/mol. The van der Waals surface area contributed by atoms with Crippen LogP contribution in [0.5, 0.6) is 0 Å². The van der Waals surface area contributed by atoms with Gasteiger partial charge in [-0.25, -0.2) is 4.79 Å². The summed E-state index contributed by atoms with van der Waals surface area (Å²) in [7, 11) is 0. The molecule has 0 atom stereocenters. The van der Waals surface area contributed by atoms with Crippen molar-refractivity contribution in [3.05, 3.63) is 0 Å². The number of hydroxylamine groups is 2. The van der Waals surface area contributed by atoms with E-state index in [4.69, 9.17) is 24.8 Å². The van der Waals surface area contributed by atoms with Crippen LogP contribution < -0.4 is 11.1 Å². The minimum atomic E-state index is -0.729. The average molecular weight is 431 g/mol. The third kappa shape index (κ3) is 12.1. The predicted molar refractivity (Wildman–Crippen MR) is 100 cm³/mol. The molecule has 1 saturated heterocycles. The largest absolute Gasteiger partial charge is 0.379 e. The lowest BCUT2D eigenvalue weighted by atomic mass is 10.2. The number of carbonyl (C=O) groups excluding carboxylic acids is 5. The standard InChI is InChI=1S/C18H29N3O9/c19-14(22)6-8-27-10-12-29-13-11-28-9-7-20-15(23)2-1-3-18(26)30-21-16(24)4-5-17(21)25/h1-13H2,(H2,19,22)(H,20,23). The number of carbonyl (C=O) groups is 5. The Morgan fingerprint density at radius 2 is 1.40 bits per heavy atom. The zero-order valence-corrected chi connectivity index (χ0v) is 16.9. The molecule has 4 amide bonds. The molecule has 12 nitrogen and oxygen atoms in total. The van der Waals surface area contributed by atoms with Crippen molar-refractivity contribution in [3.8, 4) is 0 Å². The number of rotatable bonds is 17. The summed E-state index contributed by atoms with van der Waals surface area (Å²) in [6, 6.07) is 0. The third-order valence-corrected chi connectivity index (χ3v) is 3.79. The van der Waals surface area contributed by atoms with Crippen LogP contribution in [0.4, 0.5) is 0 Å². The fourth-order valence-electron chi connectivity index (χ4n) is 2.26. The molecule has 1 heterocycles. The highest BCUT2D eigenvalue weighted by Gasteiger charge is 2.32. The molecule has 0 radical (unpaired) electrons. The van der Waals surface area contributed by atoms with E-state index in [1.807, 2.05) is 0 Å². The Hall–Kier alpha value is -2.57. The summed E-state index contributed by atoms with van der Waals surface area (Å²) in [5.74, 6) is -2.46. The van der Waals surface area contributed by atoms with Gasteiger partial charge in [-0.2, -0.15) is 0 Å². The van der Waals surface area contributed by atoms with E-state index in [1.54, 1.807) is 0 Å². The first-order chi connectivity index (χ1) is 14.4. The van der Waals surface area contributed by atoms with E-state index in [0.717, 1.165) is 0 Å². The molecule has 1 aliphatic heterocycles. The summed E-state index contributed by atoms with van der Waals surface area (Å²) in [6.45, 7) is 2.37. The first kappa shape index (κ1) is 25.5.